The van der Waals surface area contributed by atoms with Gasteiger partial charge in [0.2, 0.25) is 11.8 Å². The van der Waals surface area contributed by atoms with E-state index in [1.54, 1.807) is 29.2 Å². The molecule has 1 unspecified atom stereocenters. The maximum absolute atomic E-state index is 12.6. The number of nitrogens with zero attached hydrogens (tertiary/aromatic N) is 1. The van der Waals surface area contributed by atoms with Crippen molar-refractivity contribution in [2.45, 2.75) is 19.8 Å². The van der Waals surface area contributed by atoms with Gasteiger partial charge in [-0.05, 0) is 30.7 Å². The Labute approximate surface area is 151 Å². The SMILES string of the molecule is Cc1ccc(N2CC(C(=O)Nc3ccccc3CC(=O)O)CC2=O)cc1. The van der Waals surface area contributed by atoms with E-state index in [0.717, 1.165) is 11.3 Å². The summed E-state index contributed by atoms with van der Waals surface area (Å²) in [5, 5.41) is 11.8. The van der Waals surface area contributed by atoms with Gasteiger partial charge >= 0.3 is 5.97 Å². The molecule has 1 heterocycles. The van der Waals surface area contributed by atoms with Crippen LogP contribution in [0.1, 0.15) is 17.5 Å². The molecular weight excluding hydrogens is 332 g/mol. The van der Waals surface area contributed by atoms with Crippen LogP contribution in [0.25, 0.3) is 0 Å². The van der Waals surface area contributed by atoms with Crippen LogP contribution >= 0.6 is 0 Å². The van der Waals surface area contributed by atoms with Crippen LogP contribution in [0.4, 0.5) is 11.4 Å². The summed E-state index contributed by atoms with van der Waals surface area (Å²) < 4.78 is 0. The second kappa shape index (κ2) is 7.39. The van der Waals surface area contributed by atoms with Gasteiger partial charge < -0.3 is 15.3 Å². The van der Waals surface area contributed by atoms with Crippen molar-refractivity contribution in [3.8, 4) is 0 Å². The standard InChI is InChI=1S/C20H20N2O4/c1-13-6-8-16(9-7-13)22-12-15(10-18(22)23)20(26)21-17-5-3-2-4-14(17)11-19(24)25/h2-9,15H,10-12H2,1H3,(H,21,26)(H,24,25). The maximum Gasteiger partial charge on any atom is 0.307 e. The van der Waals surface area contributed by atoms with Crippen LogP contribution in [0.15, 0.2) is 48.5 Å². The third-order valence-electron chi connectivity index (χ3n) is 4.46. The van der Waals surface area contributed by atoms with Crippen LogP contribution in [-0.2, 0) is 20.8 Å². The third-order valence-corrected chi connectivity index (χ3v) is 4.46. The van der Waals surface area contributed by atoms with E-state index >= 15 is 0 Å². The Kier molecular flexibility index (Phi) is 5.02. The summed E-state index contributed by atoms with van der Waals surface area (Å²) in [5.41, 5.74) is 2.89. The molecule has 0 aliphatic carbocycles. The number of benzene rings is 2. The minimum absolute atomic E-state index is 0.0900. The molecule has 2 N–H and O–H groups in total. The normalized spacial score (nSPS) is 16.6. The molecule has 0 saturated carbocycles. The minimum Gasteiger partial charge on any atom is -0.481 e. The van der Waals surface area contributed by atoms with Crippen LogP contribution in [0, 0.1) is 12.8 Å². The van der Waals surface area contributed by atoms with Crippen LogP contribution in [-0.4, -0.2) is 29.4 Å². The molecule has 0 aromatic heterocycles. The molecule has 6 nitrogen and oxygen atoms in total. The van der Waals surface area contributed by atoms with Crippen molar-refractivity contribution < 1.29 is 19.5 Å². The number of rotatable bonds is 5. The van der Waals surface area contributed by atoms with E-state index in [1.165, 1.54) is 0 Å². The Bertz CT molecular complexity index is 845. The predicted octanol–water partition coefficient (Wildman–Crippen LogP) is 2.61. The van der Waals surface area contributed by atoms with Crippen molar-refractivity contribution in [3.63, 3.8) is 0 Å². The third kappa shape index (κ3) is 3.91. The molecule has 134 valence electrons. The van der Waals surface area contributed by atoms with E-state index in [1.807, 2.05) is 31.2 Å². The average molecular weight is 352 g/mol. The molecule has 1 aliphatic heterocycles. The Balaban J connectivity index is 1.71. The molecule has 1 fully saturated rings. The molecule has 0 radical (unpaired) electrons. The smallest absolute Gasteiger partial charge is 0.307 e. The lowest BCUT2D eigenvalue weighted by molar-refractivity contribution is -0.136. The number of anilines is 2. The van der Waals surface area contributed by atoms with Gasteiger partial charge in [0.15, 0.2) is 0 Å². The Hall–Kier alpha value is -3.15. The number of amides is 2. The summed E-state index contributed by atoms with van der Waals surface area (Å²) in [6, 6.07) is 14.4. The minimum atomic E-state index is -0.965. The van der Waals surface area contributed by atoms with Crippen LogP contribution in [0.5, 0.6) is 0 Å². The van der Waals surface area contributed by atoms with E-state index in [4.69, 9.17) is 5.11 Å². The van der Waals surface area contributed by atoms with Crippen molar-refractivity contribution in [2.24, 2.45) is 5.92 Å². The fourth-order valence-corrected chi connectivity index (χ4v) is 3.05. The number of nitrogens with one attached hydrogen (secondary N) is 1. The van der Waals surface area contributed by atoms with Crippen molar-refractivity contribution in [3.05, 3.63) is 59.7 Å². The van der Waals surface area contributed by atoms with E-state index in [0.29, 0.717) is 17.8 Å². The van der Waals surface area contributed by atoms with Crippen molar-refractivity contribution in [1.29, 1.82) is 0 Å². The lowest BCUT2D eigenvalue weighted by Gasteiger charge is -2.17. The number of carboxylic acid groups (broad SMARTS) is 1. The molecule has 0 bridgehead atoms. The highest BCUT2D eigenvalue weighted by Gasteiger charge is 2.35. The molecule has 1 aliphatic rings. The first-order valence-corrected chi connectivity index (χ1v) is 8.41. The van der Waals surface area contributed by atoms with Gasteiger partial charge in [0, 0.05) is 24.3 Å². The van der Waals surface area contributed by atoms with Gasteiger partial charge in [0.1, 0.15) is 0 Å². The molecule has 1 atom stereocenters. The number of carbonyl (C=O) groups excluding carboxylic acids is 2. The molecule has 2 amide bonds. The van der Waals surface area contributed by atoms with E-state index in [9.17, 15) is 14.4 Å². The number of hydrogen-bond acceptors (Lipinski definition) is 3. The van der Waals surface area contributed by atoms with Gasteiger partial charge in [-0.1, -0.05) is 35.9 Å². The molecule has 6 heteroatoms. The van der Waals surface area contributed by atoms with Gasteiger partial charge in [-0.25, -0.2) is 0 Å². The Morgan fingerprint density at radius 1 is 1.15 bits per heavy atom. The van der Waals surface area contributed by atoms with Crippen molar-refractivity contribution in [2.75, 3.05) is 16.8 Å². The van der Waals surface area contributed by atoms with E-state index in [-0.39, 0.29) is 24.7 Å². The molecule has 2 aromatic rings. The zero-order chi connectivity index (χ0) is 18.7. The number of aryl methyl sites for hydroxylation is 1. The summed E-state index contributed by atoms with van der Waals surface area (Å²) >= 11 is 0. The molecule has 3 rings (SSSR count). The maximum atomic E-state index is 12.6. The predicted molar refractivity (Wildman–Crippen MR) is 98.1 cm³/mol. The number of para-hydroxylation sites is 1. The highest BCUT2D eigenvalue weighted by atomic mass is 16.4. The Morgan fingerprint density at radius 2 is 1.85 bits per heavy atom. The summed E-state index contributed by atoms with van der Waals surface area (Å²) in [7, 11) is 0. The monoisotopic (exact) mass is 352 g/mol. The molecule has 26 heavy (non-hydrogen) atoms. The average Bonchev–Trinajstić information content (AvgIpc) is 2.99. The fraction of sp³-hybridized carbons (Fsp3) is 0.250. The van der Waals surface area contributed by atoms with Gasteiger partial charge in [-0.2, -0.15) is 0 Å². The topological polar surface area (TPSA) is 86.7 Å². The van der Waals surface area contributed by atoms with E-state index in [2.05, 4.69) is 5.32 Å². The summed E-state index contributed by atoms with van der Waals surface area (Å²) in [4.78, 5) is 37.5. The number of carbonyl (C=O) groups is 3. The van der Waals surface area contributed by atoms with Gasteiger partial charge in [-0.3, -0.25) is 14.4 Å². The van der Waals surface area contributed by atoms with Crippen molar-refractivity contribution >= 4 is 29.2 Å². The van der Waals surface area contributed by atoms with Gasteiger partial charge in [-0.15, -0.1) is 0 Å². The number of aliphatic carboxylic acids is 1. The van der Waals surface area contributed by atoms with Crippen LogP contribution < -0.4 is 10.2 Å². The molecular formula is C20H20N2O4. The largest absolute Gasteiger partial charge is 0.481 e. The molecule has 1 saturated heterocycles. The highest BCUT2D eigenvalue weighted by Crippen LogP contribution is 2.27. The zero-order valence-electron chi connectivity index (χ0n) is 14.4. The first kappa shape index (κ1) is 17.7. The zero-order valence-corrected chi connectivity index (χ0v) is 14.4. The van der Waals surface area contributed by atoms with Crippen LogP contribution in [0.2, 0.25) is 0 Å². The molecule has 0 spiro atoms. The lowest BCUT2D eigenvalue weighted by Crippen LogP contribution is -2.28. The highest BCUT2D eigenvalue weighted by molar-refractivity contribution is 6.03. The first-order chi connectivity index (χ1) is 12.4. The quantitative estimate of drug-likeness (QED) is 0.866. The second-order valence-electron chi connectivity index (χ2n) is 6.46. The summed E-state index contributed by atoms with van der Waals surface area (Å²) in [5.74, 6) is -1.80. The van der Waals surface area contributed by atoms with E-state index < -0.39 is 11.9 Å². The first-order valence-electron chi connectivity index (χ1n) is 8.41. The van der Waals surface area contributed by atoms with Gasteiger partial charge in [0.05, 0.1) is 12.3 Å². The van der Waals surface area contributed by atoms with Crippen molar-refractivity contribution in [1.82, 2.24) is 0 Å². The summed E-state index contributed by atoms with van der Waals surface area (Å²) in [6.45, 7) is 2.29. The lowest BCUT2D eigenvalue weighted by atomic mass is 10.1. The fourth-order valence-electron chi connectivity index (χ4n) is 3.05. The second-order valence-corrected chi connectivity index (χ2v) is 6.46. The molecule has 2 aromatic carbocycles. The Morgan fingerprint density at radius 3 is 2.54 bits per heavy atom. The number of hydrogen-bond donors (Lipinski definition) is 2. The van der Waals surface area contributed by atoms with Crippen LogP contribution in [0.3, 0.4) is 0 Å². The summed E-state index contributed by atoms with van der Waals surface area (Å²) in [6.07, 6.45) is -0.0314. The number of carboxylic acids is 1. The van der Waals surface area contributed by atoms with Gasteiger partial charge in [0.25, 0.3) is 0 Å².